The number of aromatic nitrogens is 2. The second-order valence-corrected chi connectivity index (χ2v) is 4.47. The lowest BCUT2D eigenvalue weighted by Crippen LogP contribution is -2.21. The Hall–Kier alpha value is -1.65. The van der Waals surface area contributed by atoms with E-state index >= 15 is 0 Å². The van der Waals surface area contributed by atoms with Crippen LogP contribution in [0, 0.1) is 0 Å². The van der Waals surface area contributed by atoms with Gasteiger partial charge in [-0.05, 0) is 18.6 Å². The SMILES string of the molecule is CCC(=Cc1c[nH]c2ncccc12)CNCCOC. The minimum atomic E-state index is 0.744. The third-order valence-electron chi connectivity index (χ3n) is 3.13. The Bertz CT molecular complexity index is 545. The van der Waals surface area contributed by atoms with E-state index < -0.39 is 0 Å². The predicted molar refractivity (Wildman–Crippen MR) is 79.1 cm³/mol. The summed E-state index contributed by atoms with van der Waals surface area (Å²) in [6, 6.07) is 4.06. The van der Waals surface area contributed by atoms with Gasteiger partial charge in [0.25, 0.3) is 0 Å². The largest absolute Gasteiger partial charge is 0.383 e. The minimum absolute atomic E-state index is 0.744. The van der Waals surface area contributed by atoms with Crippen molar-refractivity contribution in [1.29, 1.82) is 0 Å². The molecule has 0 saturated carbocycles. The van der Waals surface area contributed by atoms with Crippen molar-refractivity contribution in [2.45, 2.75) is 13.3 Å². The number of fused-ring (bicyclic) bond motifs is 1. The van der Waals surface area contributed by atoms with Gasteiger partial charge < -0.3 is 15.0 Å². The van der Waals surface area contributed by atoms with Gasteiger partial charge in [0.2, 0.25) is 0 Å². The van der Waals surface area contributed by atoms with E-state index in [2.05, 4.69) is 34.4 Å². The standard InChI is InChI=1S/C15H21N3O/c1-3-12(10-16-7-8-19-2)9-13-11-18-15-14(13)5-4-6-17-15/h4-6,9,11,16H,3,7-8,10H2,1-2H3,(H,17,18). The van der Waals surface area contributed by atoms with E-state index in [1.54, 1.807) is 13.3 Å². The number of aromatic amines is 1. The number of nitrogens with one attached hydrogen (secondary N) is 2. The van der Waals surface area contributed by atoms with Crippen LogP contribution in [0.4, 0.5) is 0 Å². The Morgan fingerprint density at radius 1 is 1.53 bits per heavy atom. The molecule has 0 spiro atoms. The van der Waals surface area contributed by atoms with E-state index in [-0.39, 0.29) is 0 Å². The van der Waals surface area contributed by atoms with Crippen LogP contribution in [-0.4, -0.2) is 36.8 Å². The van der Waals surface area contributed by atoms with Crippen LogP contribution in [0.1, 0.15) is 18.9 Å². The van der Waals surface area contributed by atoms with Gasteiger partial charge in [-0.15, -0.1) is 0 Å². The molecule has 0 radical (unpaired) electrons. The number of hydrogen-bond donors (Lipinski definition) is 2. The number of rotatable bonds is 7. The fraction of sp³-hybridized carbons (Fsp3) is 0.400. The van der Waals surface area contributed by atoms with Crippen LogP contribution in [-0.2, 0) is 4.74 Å². The van der Waals surface area contributed by atoms with Crippen LogP contribution >= 0.6 is 0 Å². The summed E-state index contributed by atoms with van der Waals surface area (Å²) in [5, 5.41) is 4.55. The fourth-order valence-corrected chi connectivity index (χ4v) is 2.02. The summed E-state index contributed by atoms with van der Waals surface area (Å²) in [5.74, 6) is 0. The van der Waals surface area contributed by atoms with E-state index in [0.29, 0.717) is 0 Å². The summed E-state index contributed by atoms with van der Waals surface area (Å²) in [7, 11) is 1.72. The molecule has 4 nitrogen and oxygen atoms in total. The topological polar surface area (TPSA) is 49.9 Å². The fourth-order valence-electron chi connectivity index (χ4n) is 2.02. The molecule has 0 aliphatic rings. The average molecular weight is 259 g/mol. The van der Waals surface area contributed by atoms with E-state index in [4.69, 9.17) is 4.74 Å². The Morgan fingerprint density at radius 2 is 2.42 bits per heavy atom. The van der Waals surface area contributed by atoms with Crippen molar-refractivity contribution in [3.8, 4) is 0 Å². The van der Waals surface area contributed by atoms with Gasteiger partial charge in [-0.1, -0.05) is 18.6 Å². The van der Waals surface area contributed by atoms with Gasteiger partial charge in [0.1, 0.15) is 5.65 Å². The van der Waals surface area contributed by atoms with E-state index in [1.807, 2.05) is 12.3 Å². The Morgan fingerprint density at radius 3 is 3.21 bits per heavy atom. The highest BCUT2D eigenvalue weighted by Crippen LogP contribution is 2.19. The lowest BCUT2D eigenvalue weighted by Gasteiger charge is -2.06. The van der Waals surface area contributed by atoms with Gasteiger partial charge in [-0.2, -0.15) is 0 Å². The zero-order chi connectivity index (χ0) is 13.5. The molecule has 4 heteroatoms. The summed E-state index contributed by atoms with van der Waals surface area (Å²) in [6.45, 7) is 4.70. The van der Waals surface area contributed by atoms with Gasteiger partial charge >= 0.3 is 0 Å². The first-order valence-electron chi connectivity index (χ1n) is 6.66. The molecule has 2 aromatic heterocycles. The van der Waals surface area contributed by atoms with E-state index in [1.165, 1.54) is 16.5 Å². The first-order chi connectivity index (χ1) is 9.35. The van der Waals surface area contributed by atoms with Crippen LogP contribution in [0.15, 0.2) is 30.1 Å². The van der Waals surface area contributed by atoms with Gasteiger partial charge in [0.15, 0.2) is 0 Å². The molecule has 2 aromatic rings. The Kier molecular flexibility index (Phi) is 5.12. The molecular weight excluding hydrogens is 238 g/mol. The monoisotopic (exact) mass is 259 g/mol. The van der Waals surface area contributed by atoms with E-state index in [0.717, 1.165) is 31.8 Å². The highest BCUT2D eigenvalue weighted by atomic mass is 16.5. The van der Waals surface area contributed by atoms with Crippen LogP contribution in [0.25, 0.3) is 17.1 Å². The molecular formula is C15H21N3O. The highest BCUT2D eigenvalue weighted by Gasteiger charge is 2.02. The number of pyridine rings is 1. The van der Waals surface area contributed by atoms with Crippen molar-refractivity contribution < 1.29 is 4.74 Å². The maximum Gasteiger partial charge on any atom is 0.137 e. The van der Waals surface area contributed by atoms with Gasteiger partial charge in [-0.25, -0.2) is 4.98 Å². The van der Waals surface area contributed by atoms with Crippen LogP contribution in [0.2, 0.25) is 0 Å². The zero-order valence-electron chi connectivity index (χ0n) is 11.6. The number of ether oxygens (including phenoxy) is 1. The molecule has 0 saturated heterocycles. The Labute approximate surface area is 113 Å². The molecule has 0 aliphatic carbocycles. The molecule has 2 N–H and O–H groups in total. The van der Waals surface area contributed by atoms with Crippen molar-refractivity contribution >= 4 is 17.1 Å². The first-order valence-corrected chi connectivity index (χ1v) is 6.66. The summed E-state index contributed by atoms with van der Waals surface area (Å²) < 4.78 is 5.03. The molecule has 0 bridgehead atoms. The molecule has 2 heterocycles. The Balaban J connectivity index is 2.08. The number of methoxy groups -OCH3 is 1. The van der Waals surface area contributed by atoms with Crippen LogP contribution < -0.4 is 5.32 Å². The molecule has 0 atom stereocenters. The summed E-state index contributed by atoms with van der Waals surface area (Å²) in [4.78, 5) is 7.50. The van der Waals surface area contributed by atoms with Crippen LogP contribution in [0.3, 0.4) is 0 Å². The molecule has 0 aromatic carbocycles. The number of hydrogen-bond acceptors (Lipinski definition) is 3. The van der Waals surface area contributed by atoms with Crippen molar-refractivity contribution in [1.82, 2.24) is 15.3 Å². The van der Waals surface area contributed by atoms with Gasteiger partial charge in [0.05, 0.1) is 6.61 Å². The third-order valence-corrected chi connectivity index (χ3v) is 3.13. The molecule has 102 valence electrons. The second-order valence-electron chi connectivity index (χ2n) is 4.47. The minimum Gasteiger partial charge on any atom is -0.383 e. The van der Waals surface area contributed by atoms with Crippen molar-refractivity contribution in [2.24, 2.45) is 0 Å². The maximum absolute atomic E-state index is 5.03. The zero-order valence-corrected chi connectivity index (χ0v) is 11.6. The smallest absolute Gasteiger partial charge is 0.137 e. The number of H-pyrrole nitrogens is 1. The molecule has 0 fully saturated rings. The lowest BCUT2D eigenvalue weighted by atomic mass is 10.1. The molecule has 0 amide bonds. The summed E-state index contributed by atoms with van der Waals surface area (Å²) in [5.41, 5.74) is 3.52. The maximum atomic E-state index is 5.03. The predicted octanol–water partition coefficient (Wildman–Crippen LogP) is 2.59. The average Bonchev–Trinajstić information content (AvgIpc) is 2.85. The molecule has 2 rings (SSSR count). The highest BCUT2D eigenvalue weighted by molar-refractivity contribution is 5.86. The molecule has 0 unspecified atom stereocenters. The van der Waals surface area contributed by atoms with E-state index in [9.17, 15) is 0 Å². The van der Waals surface area contributed by atoms with Crippen molar-refractivity contribution in [3.63, 3.8) is 0 Å². The summed E-state index contributed by atoms with van der Waals surface area (Å²) >= 11 is 0. The normalized spacial score (nSPS) is 12.2. The summed E-state index contributed by atoms with van der Waals surface area (Å²) in [6.07, 6.45) is 7.09. The van der Waals surface area contributed by atoms with Gasteiger partial charge in [-0.3, -0.25) is 0 Å². The van der Waals surface area contributed by atoms with Gasteiger partial charge in [0, 0.05) is 43.5 Å². The van der Waals surface area contributed by atoms with Crippen LogP contribution in [0.5, 0.6) is 0 Å². The first kappa shape index (κ1) is 13.8. The quantitative estimate of drug-likeness (QED) is 0.751. The van der Waals surface area contributed by atoms with Crippen molar-refractivity contribution in [2.75, 3.05) is 26.8 Å². The third kappa shape index (κ3) is 3.66. The lowest BCUT2D eigenvalue weighted by molar-refractivity contribution is 0.200. The molecule has 19 heavy (non-hydrogen) atoms. The second kappa shape index (κ2) is 7.07. The van der Waals surface area contributed by atoms with Crippen molar-refractivity contribution in [3.05, 3.63) is 35.7 Å². The molecule has 0 aliphatic heterocycles. The number of nitrogens with zero attached hydrogens (tertiary/aromatic N) is 1.